The molecule has 0 radical (unpaired) electrons. The van der Waals surface area contributed by atoms with Crippen LogP contribution in [0.5, 0.6) is 0 Å². The van der Waals surface area contributed by atoms with Crippen molar-refractivity contribution < 1.29 is 5.11 Å². The number of allylic oxidation sites excluding steroid dienone is 2. The van der Waals surface area contributed by atoms with Crippen LogP contribution in [0.15, 0.2) is 42.5 Å². The van der Waals surface area contributed by atoms with Crippen molar-refractivity contribution in [1.29, 1.82) is 0 Å². The summed E-state index contributed by atoms with van der Waals surface area (Å²) in [6.45, 7) is 4.19. The van der Waals surface area contributed by atoms with Crippen LogP contribution in [0.3, 0.4) is 0 Å². The zero-order valence-corrected chi connectivity index (χ0v) is 12.4. The molecule has 0 heterocycles. The standard InChI is InChI=1S/C18H28O/c1-3-5-9-15-18(19,14-4-2)16-10-13-17-11-7-6-8-12-17/h3,5-8,11-12,19H,4,9-10,13-16H2,1-2H3/b5-3-. The number of hydrogen-bond donors (Lipinski definition) is 1. The van der Waals surface area contributed by atoms with E-state index in [1.807, 2.05) is 13.0 Å². The lowest BCUT2D eigenvalue weighted by Gasteiger charge is -2.27. The molecule has 0 fully saturated rings. The Labute approximate surface area is 118 Å². The van der Waals surface area contributed by atoms with E-state index in [2.05, 4.69) is 43.3 Å². The molecule has 0 amide bonds. The van der Waals surface area contributed by atoms with Gasteiger partial charge in [-0.3, -0.25) is 0 Å². The van der Waals surface area contributed by atoms with Crippen LogP contribution < -0.4 is 0 Å². The molecule has 1 aromatic rings. The number of hydrogen-bond acceptors (Lipinski definition) is 1. The second-order valence-corrected chi connectivity index (χ2v) is 5.42. The van der Waals surface area contributed by atoms with Crippen LogP contribution in [0.4, 0.5) is 0 Å². The minimum absolute atomic E-state index is 0.469. The van der Waals surface area contributed by atoms with Crippen molar-refractivity contribution >= 4 is 0 Å². The minimum atomic E-state index is -0.469. The van der Waals surface area contributed by atoms with E-state index in [0.717, 1.165) is 44.9 Å². The van der Waals surface area contributed by atoms with Gasteiger partial charge in [0.05, 0.1) is 5.60 Å². The molecule has 0 bridgehead atoms. The lowest BCUT2D eigenvalue weighted by atomic mass is 9.86. The van der Waals surface area contributed by atoms with Crippen LogP contribution in [-0.2, 0) is 6.42 Å². The molecule has 0 saturated heterocycles. The second kappa shape index (κ2) is 8.92. The predicted molar refractivity (Wildman–Crippen MR) is 83.3 cm³/mol. The first-order valence-corrected chi connectivity index (χ1v) is 7.57. The van der Waals surface area contributed by atoms with Crippen LogP contribution in [0.25, 0.3) is 0 Å². The number of aliphatic hydroxyl groups is 1. The SMILES string of the molecule is C/C=C\CCC(O)(CCC)CCCc1ccccc1. The summed E-state index contributed by atoms with van der Waals surface area (Å²) in [4.78, 5) is 0. The minimum Gasteiger partial charge on any atom is -0.390 e. The Hall–Kier alpha value is -1.08. The molecular weight excluding hydrogens is 232 g/mol. The second-order valence-electron chi connectivity index (χ2n) is 5.42. The van der Waals surface area contributed by atoms with E-state index in [-0.39, 0.29) is 0 Å². The molecular formula is C18H28O. The van der Waals surface area contributed by atoms with Gasteiger partial charge < -0.3 is 5.11 Å². The van der Waals surface area contributed by atoms with E-state index in [1.165, 1.54) is 5.56 Å². The summed E-state index contributed by atoms with van der Waals surface area (Å²) in [6, 6.07) is 10.5. The third kappa shape index (κ3) is 6.58. The first-order valence-electron chi connectivity index (χ1n) is 7.57. The maximum absolute atomic E-state index is 10.7. The van der Waals surface area contributed by atoms with Crippen molar-refractivity contribution in [2.75, 3.05) is 0 Å². The number of rotatable bonds is 9. The molecule has 106 valence electrons. The van der Waals surface area contributed by atoms with Gasteiger partial charge in [-0.2, -0.15) is 0 Å². The Balaban J connectivity index is 2.40. The van der Waals surface area contributed by atoms with Gasteiger partial charge >= 0.3 is 0 Å². The molecule has 0 aliphatic heterocycles. The zero-order chi connectivity index (χ0) is 14.0. The molecule has 1 unspecified atom stereocenters. The Morgan fingerprint density at radius 1 is 1.11 bits per heavy atom. The highest BCUT2D eigenvalue weighted by Gasteiger charge is 2.24. The van der Waals surface area contributed by atoms with Gasteiger partial charge in [-0.25, -0.2) is 0 Å². The normalized spacial score (nSPS) is 14.7. The fourth-order valence-corrected chi connectivity index (χ4v) is 2.63. The van der Waals surface area contributed by atoms with E-state index in [4.69, 9.17) is 0 Å². The third-order valence-corrected chi connectivity index (χ3v) is 3.68. The van der Waals surface area contributed by atoms with E-state index in [0.29, 0.717) is 0 Å². The Morgan fingerprint density at radius 3 is 2.47 bits per heavy atom. The number of aryl methyl sites for hydroxylation is 1. The topological polar surface area (TPSA) is 20.2 Å². The van der Waals surface area contributed by atoms with Crippen molar-refractivity contribution in [1.82, 2.24) is 0 Å². The fraction of sp³-hybridized carbons (Fsp3) is 0.556. The Bertz CT molecular complexity index is 355. The van der Waals surface area contributed by atoms with Crippen LogP contribution in [0.2, 0.25) is 0 Å². The first-order chi connectivity index (χ1) is 9.20. The van der Waals surface area contributed by atoms with Gasteiger partial charge in [0.25, 0.3) is 0 Å². The van der Waals surface area contributed by atoms with Crippen LogP contribution >= 0.6 is 0 Å². The number of benzene rings is 1. The fourth-order valence-electron chi connectivity index (χ4n) is 2.63. The maximum Gasteiger partial charge on any atom is 0.0650 e. The molecule has 1 N–H and O–H groups in total. The van der Waals surface area contributed by atoms with Crippen LogP contribution in [0.1, 0.15) is 57.9 Å². The van der Waals surface area contributed by atoms with E-state index >= 15 is 0 Å². The van der Waals surface area contributed by atoms with Gasteiger partial charge in [0.2, 0.25) is 0 Å². The molecule has 0 aliphatic carbocycles. The van der Waals surface area contributed by atoms with Crippen molar-refractivity contribution in [3.8, 4) is 0 Å². The summed E-state index contributed by atoms with van der Waals surface area (Å²) in [5, 5.41) is 10.7. The Morgan fingerprint density at radius 2 is 1.84 bits per heavy atom. The van der Waals surface area contributed by atoms with Crippen molar-refractivity contribution in [3.63, 3.8) is 0 Å². The Kier molecular flexibility index (Phi) is 7.50. The molecule has 0 spiro atoms. The molecule has 1 rings (SSSR count). The smallest absolute Gasteiger partial charge is 0.0650 e. The van der Waals surface area contributed by atoms with Crippen molar-refractivity contribution in [2.24, 2.45) is 0 Å². The third-order valence-electron chi connectivity index (χ3n) is 3.68. The van der Waals surface area contributed by atoms with E-state index in [1.54, 1.807) is 0 Å². The molecule has 19 heavy (non-hydrogen) atoms. The quantitative estimate of drug-likeness (QED) is 0.626. The monoisotopic (exact) mass is 260 g/mol. The first kappa shape index (κ1) is 16.0. The van der Waals surface area contributed by atoms with Gasteiger partial charge in [0.1, 0.15) is 0 Å². The molecule has 1 heteroatoms. The lowest BCUT2D eigenvalue weighted by Crippen LogP contribution is -2.28. The zero-order valence-electron chi connectivity index (χ0n) is 12.4. The molecule has 0 aliphatic rings. The highest BCUT2D eigenvalue weighted by Crippen LogP contribution is 2.26. The lowest BCUT2D eigenvalue weighted by molar-refractivity contribution is 0.0127. The average molecular weight is 260 g/mol. The molecule has 1 aromatic carbocycles. The van der Waals surface area contributed by atoms with Crippen molar-refractivity contribution in [2.45, 2.75) is 64.4 Å². The average Bonchev–Trinajstić information content (AvgIpc) is 2.40. The summed E-state index contributed by atoms with van der Waals surface area (Å²) < 4.78 is 0. The molecule has 1 nitrogen and oxygen atoms in total. The van der Waals surface area contributed by atoms with Gasteiger partial charge in [-0.1, -0.05) is 55.8 Å². The molecule has 0 saturated carbocycles. The summed E-state index contributed by atoms with van der Waals surface area (Å²) in [5.41, 5.74) is 0.901. The predicted octanol–water partition coefficient (Wildman–Crippen LogP) is 4.90. The van der Waals surface area contributed by atoms with Crippen molar-refractivity contribution in [3.05, 3.63) is 48.0 Å². The maximum atomic E-state index is 10.7. The van der Waals surface area contributed by atoms with Gasteiger partial charge in [-0.15, -0.1) is 0 Å². The summed E-state index contributed by atoms with van der Waals surface area (Å²) in [7, 11) is 0. The molecule has 0 aromatic heterocycles. The van der Waals surface area contributed by atoms with E-state index in [9.17, 15) is 5.11 Å². The van der Waals surface area contributed by atoms with Gasteiger partial charge in [0, 0.05) is 0 Å². The van der Waals surface area contributed by atoms with E-state index < -0.39 is 5.60 Å². The highest BCUT2D eigenvalue weighted by molar-refractivity contribution is 5.14. The summed E-state index contributed by atoms with van der Waals surface area (Å²) in [6.07, 6.45) is 11.1. The summed E-state index contributed by atoms with van der Waals surface area (Å²) >= 11 is 0. The largest absolute Gasteiger partial charge is 0.390 e. The summed E-state index contributed by atoms with van der Waals surface area (Å²) in [5.74, 6) is 0. The van der Waals surface area contributed by atoms with Crippen LogP contribution in [-0.4, -0.2) is 10.7 Å². The molecule has 1 atom stereocenters. The van der Waals surface area contributed by atoms with Gasteiger partial charge in [-0.05, 0) is 51.0 Å². The van der Waals surface area contributed by atoms with Crippen LogP contribution in [0, 0.1) is 0 Å². The van der Waals surface area contributed by atoms with Gasteiger partial charge in [0.15, 0.2) is 0 Å². The highest BCUT2D eigenvalue weighted by atomic mass is 16.3.